The van der Waals surface area contributed by atoms with Gasteiger partial charge in [0.15, 0.2) is 0 Å². The third-order valence-electron chi connectivity index (χ3n) is 6.40. The van der Waals surface area contributed by atoms with E-state index in [0.717, 1.165) is 13.1 Å². The van der Waals surface area contributed by atoms with Gasteiger partial charge in [-0.2, -0.15) is 0 Å². The fourth-order valence-electron chi connectivity index (χ4n) is 3.95. The first-order valence-corrected chi connectivity index (χ1v) is 12.7. The van der Waals surface area contributed by atoms with Crippen LogP contribution in [0.5, 0.6) is 0 Å². The SMILES string of the molecule is C=CC1=C(N2CCN(C)CC2)N(C(=O)OC(C)OC(=O)C(C)(N)CC)c2cc(Cl)ccc2N=C1/C=C\C. The molecule has 2 atom stereocenters. The molecule has 1 aromatic rings. The predicted molar refractivity (Wildman–Crippen MR) is 147 cm³/mol. The molecule has 1 saturated heterocycles. The van der Waals surface area contributed by atoms with Crippen molar-refractivity contribution >= 4 is 40.7 Å². The molecular formula is C27H36ClN5O4. The first kappa shape index (κ1) is 28.4. The van der Waals surface area contributed by atoms with Crippen LogP contribution in [0.1, 0.15) is 34.1 Å². The van der Waals surface area contributed by atoms with E-state index in [9.17, 15) is 9.59 Å². The van der Waals surface area contributed by atoms with Crippen molar-refractivity contribution in [2.45, 2.75) is 45.9 Å². The van der Waals surface area contributed by atoms with Crippen LogP contribution in [-0.4, -0.2) is 72.6 Å². The summed E-state index contributed by atoms with van der Waals surface area (Å²) in [6.45, 7) is 13.7. The highest BCUT2D eigenvalue weighted by Crippen LogP contribution is 2.40. The molecule has 1 amide bonds. The number of esters is 1. The van der Waals surface area contributed by atoms with Gasteiger partial charge in [0.05, 0.1) is 17.1 Å². The molecular weight excluding hydrogens is 494 g/mol. The molecule has 10 heteroatoms. The molecule has 0 aromatic heterocycles. The number of amides is 1. The van der Waals surface area contributed by atoms with E-state index in [4.69, 9.17) is 31.8 Å². The molecule has 2 aliphatic rings. The number of carbonyl (C=O) groups is 2. The van der Waals surface area contributed by atoms with Crippen LogP contribution in [0.4, 0.5) is 16.2 Å². The molecule has 37 heavy (non-hydrogen) atoms. The van der Waals surface area contributed by atoms with Crippen molar-refractivity contribution in [2.24, 2.45) is 10.7 Å². The van der Waals surface area contributed by atoms with Crippen molar-refractivity contribution in [2.75, 3.05) is 38.1 Å². The second kappa shape index (κ2) is 11.9. The summed E-state index contributed by atoms with van der Waals surface area (Å²) in [6.07, 6.45) is 3.88. The topological polar surface area (TPSA) is 101 Å². The Labute approximate surface area is 223 Å². The highest BCUT2D eigenvalue weighted by Gasteiger charge is 2.36. The first-order valence-electron chi connectivity index (χ1n) is 12.3. The van der Waals surface area contributed by atoms with Gasteiger partial charge in [-0.1, -0.05) is 37.3 Å². The molecule has 0 spiro atoms. The zero-order chi connectivity index (χ0) is 27.3. The number of piperazine rings is 1. The molecule has 1 aromatic carbocycles. The molecule has 3 rings (SSSR count). The molecule has 2 heterocycles. The van der Waals surface area contributed by atoms with E-state index >= 15 is 0 Å². The average Bonchev–Trinajstić information content (AvgIpc) is 2.98. The van der Waals surface area contributed by atoms with Crippen LogP contribution < -0.4 is 10.6 Å². The van der Waals surface area contributed by atoms with E-state index in [1.807, 2.05) is 19.1 Å². The average molecular weight is 530 g/mol. The first-order chi connectivity index (χ1) is 17.5. The molecule has 2 N–H and O–H groups in total. The number of rotatable bonds is 7. The standard InChI is InChI=1S/C27H36ClN5O4/c1-7-10-21-20(8-2)24(32-15-13-31(6)14-16-32)33(23-17-19(28)11-12-22(23)30-21)26(35)37-18(4)36-25(34)27(5,29)9-3/h7-8,10-12,17-18H,2,9,13-16,29H2,1,3-6H3/b10-7-. The Morgan fingerprint density at radius 1 is 1.27 bits per heavy atom. The zero-order valence-electron chi connectivity index (χ0n) is 22.2. The van der Waals surface area contributed by atoms with Gasteiger partial charge in [0.2, 0.25) is 6.29 Å². The number of anilines is 1. The monoisotopic (exact) mass is 529 g/mol. The van der Waals surface area contributed by atoms with Gasteiger partial charge < -0.3 is 25.0 Å². The fraction of sp³-hybridized carbons (Fsp3) is 0.444. The summed E-state index contributed by atoms with van der Waals surface area (Å²) in [7, 11) is 2.05. The van der Waals surface area contributed by atoms with Gasteiger partial charge in [0.25, 0.3) is 0 Å². The van der Waals surface area contributed by atoms with Crippen molar-refractivity contribution in [3.8, 4) is 0 Å². The minimum Gasteiger partial charge on any atom is -0.424 e. The molecule has 200 valence electrons. The lowest BCUT2D eigenvalue weighted by molar-refractivity contribution is -0.170. The Hall–Kier alpha value is -3.14. The largest absolute Gasteiger partial charge is 0.424 e. The van der Waals surface area contributed by atoms with Crippen LogP contribution >= 0.6 is 11.6 Å². The molecule has 0 radical (unpaired) electrons. The van der Waals surface area contributed by atoms with Crippen LogP contribution in [0, 0.1) is 0 Å². The van der Waals surface area contributed by atoms with Crippen LogP contribution in [0.15, 0.2) is 59.4 Å². The molecule has 1 fully saturated rings. The third-order valence-corrected chi connectivity index (χ3v) is 6.64. The second-order valence-electron chi connectivity index (χ2n) is 9.32. The van der Waals surface area contributed by atoms with Crippen LogP contribution in [0.3, 0.4) is 0 Å². The number of nitrogens with zero attached hydrogens (tertiary/aromatic N) is 4. The van der Waals surface area contributed by atoms with E-state index in [1.54, 1.807) is 38.1 Å². The highest BCUT2D eigenvalue weighted by atomic mass is 35.5. The summed E-state index contributed by atoms with van der Waals surface area (Å²) in [5.41, 5.74) is 7.09. The molecule has 2 aliphatic heterocycles. The number of benzene rings is 1. The van der Waals surface area contributed by atoms with Gasteiger partial charge in [-0.25, -0.2) is 19.5 Å². The van der Waals surface area contributed by atoms with E-state index in [2.05, 4.69) is 23.4 Å². The van der Waals surface area contributed by atoms with E-state index in [-0.39, 0.29) is 0 Å². The lowest BCUT2D eigenvalue weighted by atomic mass is 10.0. The number of nitrogens with two attached hydrogens (primary N) is 1. The maximum Gasteiger partial charge on any atom is 0.423 e. The highest BCUT2D eigenvalue weighted by molar-refractivity contribution is 6.31. The molecule has 2 unspecified atom stereocenters. The van der Waals surface area contributed by atoms with Crippen LogP contribution in [0.25, 0.3) is 0 Å². The number of fused-ring (bicyclic) bond motifs is 1. The van der Waals surface area contributed by atoms with Gasteiger partial charge in [-0.15, -0.1) is 0 Å². The van der Waals surface area contributed by atoms with Crippen molar-refractivity contribution < 1.29 is 19.1 Å². The van der Waals surface area contributed by atoms with Crippen molar-refractivity contribution in [3.63, 3.8) is 0 Å². The Morgan fingerprint density at radius 2 is 1.95 bits per heavy atom. The van der Waals surface area contributed by atoms with Gasteiger partial charge in [-0.3, -0.25) is 0 Å². The van der Waals surface area contributed by atoms with Crippen molar-refractivity contribution in [1.82, 2.24) is 9.80 Å². The van der Waals surface area contributed by atoms with Gasteiger partial charge in [-0.05, 0) is 51.6 Å². The molecule has 0 aliphatic carbocycles. The van der Waals surface area contributed by atoms with Crippen LogP contribution in [0.2, 0.25) is 5.02 Å². The maximum absolute atomic E-state index is 13.8. The second-order valence-corrected chi connectivity index (χ2v) is 9.76. The lowest BCUT2D eigenvalue weighted by Gasteiger charge is -2.40. The number of halogens is 1. The number of hydrogen-bond acceptors (Lipinski definition) is 8. The summed E-state index contributed by atoms with van der Waals surface area (Å²) >= 11 is 6.38. The minimum absolute atomic E-state index is 0.370. The third kappa shape index (κ3) is 6.41. The molecule has 0 saturated carbocycles. The summed E-state index contributed by atoms with van der Waals surface area (Å²) in [5.74, 6) is -0.0864. The lowest BCUT2D eigenvalue weighted by Crippen LogP contribution is -2.50. The quantitative estimate of drug-likeness (QED) is 0.406. The van der Waals surface area contributed by atoms with Crippen LogP contribution in [-0.2, 0) is 14.3 Å². The Kier molecular flexibility index (Phi) is 9.17. The van der Waals surface area contributed by atoms with Gasteiger partial charge in [0.1, 0.15) is 11.4 Å². The van der Waals surface area contributed by atoms with Gasteiger partial charge in [0, 0.05) is 43.7 Å². The van der Waals surface area contributed by atoms with E-state index in [1.165, 1.54) is 11.8 Å². The summed E-state index contributed by atoms with van der Waals surface area (Å²) < 4.78 is 11.0. The number of allylic oxidation sites excluding steroid dienone is 4. The number of likely N-dealkylation sites (N-methyl/N-ethyl adjacent to an activating group) is 1. The zero-order valence-corrected chi connectivity index (χ0v) is 22.9. The normalized spacial score (nSPS) is 19.1. The van der Waals surface area contributed by atoms with E-state index in [0.29, 0.717) is 53.0 Å². The summed E-state index contributed by atoms with van der Waals surface area (Å²) in [5, 5.41) is 0.431. The van der Waals surface area contributed by atoms with Crippen molar-refractivity contribution in [1.29, 1.82) is 0 Å². The Balaban J connectivity index is 2.11. The maximum atomic E-state index is 13.8. The predicted octanol–water partition coefficient (Wildman–Crippen LogP) is 4.61. The number of ether oxygens (including phenoxy) is 2. The Morgan fingerprint density at radius 3 is 2.54 bits per heavy atom. The number of aliphatic imine (C=N–C) groups is 1. The number of carbonyl (C=O) groups excluding carboxylic acids is 2. The number of hydrogen-bond donors (Lipinski definition) is 1. The minimum atomic E-state index is -1.19. The fourth-order valence-corrected chi connectivity index (χ4v) is 4.12. The van der Waals surface area contributed by atoms with Gasteiger partial charge >= 0.3 is 12.1 Å². The molecule has 0 bridgehead atoms. The smallest absolute Gasteiger partial charge is 0.423 e. The van der Waals surface area contributed by atoms with Crippen molar-refractivity contribution in [3.05, 3.63) is 59.4 Å². The Bertz CT molecular complexity index is 1140. The summed E-state index contributed by atoms with van der Waals surface area (Å²) in [4.78, 5) is 36.9. The molecule has 9 nitrogen and oxygen atoms in total. The summed E-state index contributed by atoms with van der Waals surface area (Å²) in [6, 6.07) is 5.13. The van der Waals surface area contributed by atoms with E-state index < -0.39 is 23.9 Å².